The van der Waals surface area contributed by atoms with Crippen molar-refractivity contribution in [2.45, 2.75) is 13.3 Å². The Hall–Kier alpha value is -1.76. The van der Waals surface area contributed by atoms with Crippen LogP contribution in [0.3, 0.4) is 0 Å². The predicted octanol–water partition coefficient (Wildman–Crippen LogP) is -0.0567. The van der Waals surface area contributed by atoms with Crippen molar-refractivity contribution in [2.24, 2.45) is 11.7 Å². The number of H-pyrrole nitrogens is 1. The average Bonchev–Trinajstić information content (AvgIpc) is 2.73. The van der Waals surface area contributed by atoms with E-state index in [4.69, 9.17) is 18.0 Å². The van der Waals surface area contributed by atoms with Crippen LogP contribution in [0.15, 0.2) is 6.20 Å². The first kappa shape index (κ1) is 10.7. The van der Waals surface area contributed by atoms with Gasteiger partial charge in [-0.1, -0.05) is 19.1 Å². The van der Waals surface area contributed by atoms with Crippen molar-refractivity contribution in [2.75, 3.05) is 4.90 Å². The van der Waals surface area contributed by atoms with E-state index in [-0.39, 0.29) is 35.0 Å². The molecule has 1 saturated heterocycles. The Bertz CT molecular complexity index is 482. The fourth-order valence-electron chi connectivity index (χ4n) is 1.65. The lowest BCUT2D eigenvalue weighted by Gasteiger charge is -2.13. The van der Waals surface area contributed by atoms with Crippen molar-refractivity contribution in [1.29, 1.82) is 0 Å². The van der Waals surface area contributed by atoms with Gasteiger partial charge in [-0.25, -0.2) is 4.90 Å². The molecular formula is C9H10N4O2S. The molecule has 3 N–H and O–H groups in total. The van der Waals surface area contributed by atoms with Crippen molar-refractivity contribution >= 4 is 34.8 Å². The third kappa shape index (κ3) is 1.49. The summed E-state index contributed by atoms with van der Waals surface area (Å²) in [5, 5.41) is 6.32. The molecule has 2 heterocycles. The van der Waals surface area contributed by atoms with Crippen molar-refractivity contribution in [3.05, 3.63) is 11.8 Å². The Balaban J connectivity index is 2.45. The van der Waals surface area contributed by atoms with Crippen molar-refractivity contribution in [3.63, 3.8) is 0 Å². The summed E-state index contributed by atoms with van der Waals surface area (Å²) in [6, 6.07) is 0. The van der Waals surface area contributed by atoms with E-state index < -0.39 is 0 Å². The summed E-state index contributed by atoms with van der Waals surface area (Å²) in [5.74, 6) is -0.562. The molecule has 2 rings (SSSR count). The zero-order valence-electron chi connectivity index (χ0n) is 8.56. The van der Waals surface area contributed by atoms with E-state index >= 15 is 0 Å². The van der Waals surface area contributed by atoms with Crippen molar-refractivity contribution in [3.8, 4) is 0 Å². The van der Waals surface area contributed by atoms with Gasteiger partial charge >= 0.3 is 0 Å². The number of carbonyl (C=O) groups excluding carboxylic acids is 2. The van der Waals surface area contributed by atoms with E-state index in [0.717, 1.165) is 4.90 Å². The minimum atomic E-state index is -0.310. The lowest BCUT2D eigenvalue weighted by Crippen LogP contribution is -2.32. The number of nitrogens with zero attached hydrogens (tertiary/aromatic N) is 2. The van der Waals surface area contributed by atoms with E-state index in [1.807, 2.05) is 0 Å². The predicted molar refractivity (Wildman–Crippen MR) is 60.7 cm³/mol. The molecule has 16 heavy (non-hydrogen) atoms. The zero-order valence-corrected chi connectivity index (χ0v) is 9.37. The second-order valence-electron chi connectivity index (χ2n) is 3.67. The van der Waals surface area contributed by atoms with Gasteiger partial charge in [0.2, 0.25) is 11.8 Å². The topological polar surface area (TPSA) is 92.1 Å². The quantitative estimate of drug-likeness (QED) is 0.556. The highest BCUT2D eigenvalue weighted by molar-refractivity contribution is 7.80. The molecule has 1 aliphatic heterocycles. The standard InChI is InChI=1S/C9H10N4O2S/c1-4-2-6(14)13(9(4)15)8-5(7(10)16)3-11-12-8/h3-4H,2H2,1H3,(H2,10,16)(H,11,12). The number of anilines is 1. The Morgan fingerprint density at radius 2 is 2.38 bits per heavy atom. The molecule has 0 radical (unpaired) electrons. The lowest BCUT2D eigenvalue weighted by molar-refractivity contribution is -0.122. The summed E-state index contributed by atoms with van der Waals surface area (Å²) in [6.07, 6.45) is 1.61. The number of hydrogen-bond donors (Lipinski definition) is 2. The van der Waals surface area contributed by atoms with Crippen LogP contribution in [0.25, 0.3) is 0 Å². The third-order valence-electron chi connectivity index (χ3n) is 2.48. The highest BCUT2D eigenvalue weighted by atomic mass is 32.1. The number of imide groups is 1. The van der Waals surface area contributed by atoms with E-state index in [0.29, 0.717) is 5.56 Å². The number of nitrogens with two attached hydrogens (primary N) is 1. The normalized spacial score (nSPS) is 20.6. The minimum Gasteiger partial charge on any atom is -0.389 e. The summed E-state index contributed by atoms with van der Waals surface area (Å²) in [7, 11) is 0. The summed E-state index contributed by atoms with van der Waals surface area (Å²) in [4.78, 5) is 24.6. The van der Waals surface area contributed by atoms with Crippen molar-refractivity contribution in [1.82, 2.24) is 10.2 Å². The highest BCUT2D eigenvalue weighted by Gasteiger charge is 2.38. The van der Waals surface area contributed by atoms with Crippen LogP contribution in [-0.2, 0) is 9.59 Å². The summed E-state index contributed by atoms with van der Waals surface area (Å²) >= 11 is 4.81. The molecule has 0 saturated carbocycles. The molecule has 84 valence electrons. The van der Waals surface area contributed by atoms with Gasteiger partial charge in [0, 0.05) is 12.3 Å². The molecule has 0 aromatic carbocycles. The molecule has 0 aliphatic carbocycles. The summed E-state index contributed by atoms with van der Waals surface area (Å²) in [5.41, 5.74) is 5.88. The molecule has 0 spiro atoms. The number of thiocarbonyl (C=S) groups is 1. The van der Waals surface area contributed by atoms with Gasteiger partial charge in [-0.05, 0) is 0 Å². The van der Waals surface area contributed by atoms with Crippen LogP contribution in [0, 0.1) is 5.92 Å². The van der Waals surface area contributed by atoms with Crippen LogP contribution in [0.5, 0.6) is 0 Å². The van der Waals surface area contributed by atoms with Crippen LogP contribution in [0.4, 0.5) is 5.82 Å². The molecule has 2 amide bonds. The van der Waals surface area contributed by atoms with Crippen LogP contribution in [-0.4, -0.2) is 27.0 Å². The van der Waals surface area contributed by atoms with E-state index in [1.165, 1.54) is 6.20 Å². The van der Waals surface area contributed by atoms with Crippen LogP contribution in [0.2, 0.25) is 0 Å². The number of rotatable bonds is 2. The molecular weight excluding hydrogens is 228 g/mol. The fraction of sp³-hybridized carbons (Fsp3) is 0.333. The Morgan fingerprint density at radius 1 is 1.69 bits per heavy atom. The third-order valence-corrected chi connectivity index (χ3v) is 2.70. The molecule has 0 bridgehead atoms. The van der Waals surface area contributed by atoms with Crippen molar-refractivity contribution < 1.29 is 9.59 Å². The van der Waals surface area contributed by atoms with Gasteiger partial charge in [0.1, 0.15) is 10.8 Å². The SMILES string of the molecule is CC1CC(=O)N(c2[nH]ncc2C(N)=S)C1=O. The largest absolute Gasteiger partial charge is 0.389 e. The van der Waals surface area contributed by atoms with E-state index in [2.05, 4.69) is 10.2 Å². The number of carbonyl (C=O) groups is 2. The number of hydrogen-bond acceptors (Lipinski definition) is 4. The molecule has 1 aromatic rings. The first-order valence-electron chi connectivity index (χ1n) is 4.72. The van der Waals surface area contributed by atoms with Gasteiger partial charge in [-0.2, -0.15) is 5.10 Å². The Morgan fingerprint density at radius 3 is 2.88 bits per heavy atom. The van der Waals surface area contributed by atoms with Crippen LogP contribution < -0.4 is 10.6 Å². The molecule has 1 unspecified atom stereocenters. The average molecular weight is 238 g/mol. The zero-order chi connectivity index (χ0) is 11.9. The smallest absolute Gasteiger partial charge is 0.238 e. The Labute approximate surface area is 96.8 Å². The van der Waals surface area contributed by atoms with E-state index in [9.17, 15) is 9.59 Å². The number of aromatic amines is 1. The van der Waals surface area contributed by atoms with E-state index in [1.54, 1.807) is 6.92 Å². The first-order chi connectivity index (χ1) is 7.52. The van der Waals surface area contributed by atoms with Crippen LogP contribution in [0.1, 0.15) is 18.9 Å². The fourth-order valence-corrected chi connectivity index (χ4v) is 1.80. The van der Waals surface area contributed by atoms with Gasteiger partial charge in [0.25, 0.3) is 0 Å². The molecule has 6 nitrogen and oxygen atoms in total. The molecule has 1 aromatic heterocycles. The maximum absolute atomic E-state index is 11.8. The highest BCUT2D eigenvalue weighted by Crippen LogP contribution is 2.26. The summed E-state index contributed by atoms with van der Waals surface area (Å²) < 4.78 is 0. The molecule has 7 heteroatoms. The summed E-state index contributed by atoms with van der Waals surface area (Å²) in [6.45, 7) is 1.71. The van der Waals surface area contributed by atoms with Gasteiger partial charge in [-0.3, -0.25) is 14.7 Å². The van der Waals surface area contributed by atoms with Gasteiger partial charge < -0.3 is 5.73 Å². The number of nitrogens with one attached hydrogen (secondary N) is 1. The minimum absolute atomic E-state index is 0.101. The first-order valence-corrected chi connectivity index (χ1v) is 5.13. The monoisotopic (exact) mass is 238 g/mol. The maximum Gasteiger partial charge on any atom is 0.238 e. The van der Waals surface area contributed by atoms with Crippen LogP contribution >= 0.6 is 12.2 Å². The van der Waals surface area contributed by atoms with Gasteiger partial charge in [-0.15, -0.1) is 0 Å². The van der Waals surface area contributed by atoms with Gasteiger partial charge in [0.15, 0.2) is 0 Å². The lowest BCUT2D eigenvalue weighted by atomic mass is 10.1. The molecule has 1 fully saturated rings. The number of amides is 2. The molecule has 1 aliphatic rings. The number of aromatic nitrogens is 2. The van der Waals surface area contributed by atoms with Gasteiger partial charge in [0.05, 0.1) is 11.8 Å². The maximum atomic E-state index is 11.8. The molecule has 1 atom stereocenters. The second kappa shape index (κ2) is 3.67. The second-order valence-corrected chi connectivity index (χ2v) is 4.11. The Kier molecular flexibility index (Phi) is 2.47.